The molecule has 0 radical (unpaired) electrons. The van der Waals surface area contributed by atoms with E-state index in [9.17, 15) is 14.3 Å². The number of hydrogen-bond donors (Lipinski definition) is 4. The quantitative estimate of drug-likeness (QED) is 0.0489. The maximum absolute atomic E-state index is 14.6. The third-order valence-corrected chi connectivity index (χ3v) is 5.76. The molecule has 0 fully saturated rings. The molecule has 1 rings (SSSR count). The van der Waals surface area contributed by atoms with Gasteiger partial charge >= 0.3 is 0 Å². The van der Waals surface area contributed by atoms with E-state index in [1.165, 1.54) is 5.57 Å². The van der Waals surface area contributed by atoms with E-state index in [4.69, 9.17) is 10.5 Å². The van der Waals surface area contributed by atoms with Gasteiger partial charge in [-0.25, -0.2) is 9.38 Å². The Morgan fingerprint density at radius 2 is 1.93 bits per heavy atom. The summed E-state index contributed by atoms with van der Waals surface area (Å²) in [7, 11) is 3.86. The monoisotopic (exact) mass is 559 g/mol. The van der Waals surface area contributed by atoms with Crippen LogP contribution in [0.25, 0.3) is 0 Å². The van der Waals surface area contributed by atoms with Gasteiger partial charge in [-0.15, -0.1) is 0 Å². The summed E-state index contributed by atoms with van der Waals surface area (Å²) in [6.45, 7) is 18.7. The van der Waals surface area contributed by atoms with Crippen molar-refractivity contribution in [2.45, 2.75) is 74.0 Å². The van der Waals surface area contributed by atoms with E-state index < -0.39 is 18.0 Å². The first-order valence-electron chi connectivity index (χ1n) is 13.8. The summed E-state index contributed by atoms with van der Waals surface area (Å²) in [6.07, 6.45) is 7.46. The van der Waals surface area contributed by atoms with Crippen molar-refractivity contribution < 1.29 is 19.0 Å². The molecule has 0 spiro atoms. The lowest BCUT2D eigenvalue weighted by Gasteiger charge is -2.18. The zero-order valence-corrected chi connectivity index (χ0v) is 25.8. The number of rotatable bonds is 15. The van der Waals surface area contributed by atoms with Gasteiger partial charge in [0.05, 0.1) is 17.0 Å². The van der Waals surface area contributed by atoms with Crippen LogP contribution in [0.2, 0.25) is 0 Å². The summed E-state index contributed by atoms with van der Waals surface area (Å²) in [5, 5.41) is 15.7. The fourth-order valence-electron chi connectivity index (χ4n) is 3.50. The highest BCUT2D eigenvalue weighted by molar-refractivity contribution is 5.95. The van der Waals surface area contributed by atoms with Gasteiger partial charge in [0, 0.05) is 30.8 Å². The average Bonchev–Trinajstić information content (AvgIpc) is 2.91. The Morgan fingerprint density at radius 1 is 1.27 bits per heavy atom. The second-order valence-electron chi connectivity index (χ2n) is 9.30. The van der Waals surface area contributed by atoms with Gasteiger partial charge in [0.1, 0.15) is 17.4 Å². The van der Waals surface area contributed by atoms with Crippen LogP contribution in [0, 0.1) is 5.82 Å². The van der Waals surface area contributed by atoms with Gasteiger partial charge in [-0.2, -0.15) is 0 Å². The zero-order chi connectivity index (χ0) is 30.8. The highest BCUT2D eigenvalue weighted by atomic mass is 19.1. The normalized spacial score (nSPS) is 13.4. The molecule has 5 N–H and O–H groups in total. The number of nitrogens with zero attached hydrogens (tertiary/aromatic N) is 2. The predicted molar refractivity (Wildman–Crippen MR) is 166 cm³/mol. The number of anilines is 1. The maximum Gasteiger partial charge on any atom is 0.254 e. The van der Waals surface area contributed by atoms with Crippen molar-refractivity contribution >= 4 is 17.8 Å². The molecular weight excluding hydrogens is 509 g/mol. The van der Waals surface area contributed by atoms with Gasteiger partial charge < -0.3 is 25.4 Å². The van der Waals surface area contributed by atoms with E-state index >= 15 is 0 Å². The van der Waals surface area contributed by atoms with Crippen molar-refractivity contribution in [1.82, 2.24) is 10.2 Å². The minimum atomic E-state index is -0.772. The molecule has 0 aromatic heterocycles. The van der Waals surface area contributed by atoms with Crippen molar-refractivity contribution in [1.29, 1.82) is 0 Å². The van der Waals surface area contributed by atoms with E-state index in [0.717, 1.165) is 42.7 Å². The molecule has 8 nitrogen and oxygen atoms in total. The zero-order valence-electron chi connectivity index (χ0n) is 25.8. The van der Waals surface area contributed by atoms with Crippen LogP contribution < -0.4 is 16.4 Å². The summed E-state index contributed by atoms with van der Waals surface area (Å²) in [5.41, 5.74) is 9.05. The number of phenols is 1. The first kappa shape index (κ1) is 36.6. The molecule has 0 saturated heterocycles. The number of benzene rings is 1. The van der Waals surface area contributed by atoms with Gasteiger partial charge in [-0.3, -0.25) is 10.5 Å². The Labute approximate surface area is 240 Å². The topological polar surface area (TPSA) is 112 Å². The summed E-state index contributed by atoms with van der Waals surface area (Å²) in [6, 6.07) is 2.12. The Hall–Kier alpha value is -3.43. The van der Waals surface area contributed by atoms with Gasteiger partial charge in [0.15, 0.2) is 6.23 Å². The molecule has 1 aromatic carbocycles. The maximum atomic E-state index is 14.6. The lowest BCUT2D eigenvalue weighted by atomic mass is 10.0. The molecule has 0 bridgehead atoms. The van der Waals surface area contributed by atoms with Crippen LogP contribution in [-0.2, 0) is 4.74 Å². The SMILES string of the molecule is C=C(/N=C\C(C)=C(/C)O[C@@H](N)CC(=C/C)/C(C)=C\CC)Nc1cc(F)c(C(=O)NCCCN(C)C)cc1O.CC. The van der Waals surface area contributed by atoms with Crippen LogP contribution in [-0.4, -0.2) is 55.5 Å². The van der Waals surface area contributed by atoms with Crippen LogP contribution in [0.5, 0.6) is 5.75 Å². The van der Waals surface area contributed by atoms with Crippen LogP contribution in [0.3, 0.4) is 0 Å². The molecule has 0 aliphatic carbocycles. The number of aliphatic imine (C=N–C) groups is 1. The van der Waals surface area contributed by atoms with E-state index in [1.807, 2.05) is 52.8 Å². The molecule has 0 saturated carbocycles. The molecule has 9 heteroatoms. The first-order valence-corrected chi connectivity index (χ1v) is 13.8. The van der Waals surface area contributed by atoms with E-state index in [1.54, 1.807) is 13.1 Å². The lowest BCUT2D eigenvalue weighted by molar-refractivity contribution is 0.0948. The second kappa shape index (κ2) is 19.6. The summed E-state index contributed by atoms with van der Waals surface area (Å²) in [4.78, 5) is 18.5. The van der Waals surface area contributed by atoms with E-state index in [0.29, 0.717) is 18.7 Å². The highest BCUT2D eigenvalue weighted by Gasteiger charge is 2.16. The van der Waals surface area contributed by atoms with E-state index in [2.05, 4.69) is 42.1 Å². The van der Waals surface area contributed by atoms with Crippen molar-refractivity contribution in [3.8, 4) is 5.75 Å². The van der Waals surface area contributed by atoms with Crippen molar-refractivity contribution in [2.24, 2.45) is 10.7 Å². The number of ether oxygens (including phenoxy) is 1. The number of phenolic OH excluding ortho intramolecular Hbond substituents is 1. The van der Waals surface area contributed by atoms with Crippen molar-refractivity contribution in [3.63, 3.8) is 0 Å². The van der Waals surface area contributed by atoms with Crippen LogP contribution in [0.15, 0.2) is 64.2 Å². The molecule has 1 aromatic rings. The third-order valence-electron chi connectivity index (χ3n) is 5.76. The fraction of sp³-hybridized carbons (Fsp3) is 0.484. The number of carbonyl (C=O) groups is 1. The van der Waals surface area contributed by atoms with Crippen LogP contribution >= 0.6 is 0 Å². The number of carbonyl (C=O) groups excluding carboxylic acids is 1. The lowest BCUT2D eigenvalue weighted by Crippen LogP contribution is -2.27. The Kier molecular flexibility index (Phi) is 17.9. The number of amides is 1. The Morgan fingerprint density at radius 3 is 2.50 bits per heavy atom. The largest absolute Gasteiger partial charge is 0.506 e. The minimum absolute atomic E-state index is 0.0415. The summed E-state index contributed by atoms with van der Waals surface area (Å²) >= 11 is 0. The molecule has 0 heterocycles. The van der Waals surface area contributed by atoms with Crippen molar-refractivity contribution in [3.05, 3.63) is 70.5 Å². The van der Waals surface area contributed by atoms with Crippen LogP contribution in [0.4, 0.5) is 10.1 Å². The molecule has 1 amide bonds. The standard InChI is InChI=1S/C29H44FN5O3.C2H6/c1-9-12-19(3)23(10-2)15-28(31)38-21(5)20(4)18-33-22(6)34-26-17-25(30)24(16-27(26)36)29(37)32-13-11-14-35(7)8;1-2/h10,12,16-18,28,34,36H,6,9,11,13-15,31H2,1-5,7-8H3,(H,32,37);1-2H3/b19-12-,21-20+,23-10-,33-18-;/t28-;/m1./s1. The third kappa shape index (κ3) is 13.6. The number of aromatic hydroxyl groups is 1. The molecule has 40 heavy (non-hydrogen) atoms. The Balaban J connectivity index is 0.00000742. The van der Waals surface area contributed by atoms with Crippen molar-refractivity contribution in [2.75, 3.05) is 32.5 Å². The molecule has 0 unspecified atom stereocenters. The van der Waals surface area contributed by atoms with Gasteiger partial charge in [-0.05, 0) is 72.8 Å². The fourth-order valence-corrected chi connectivity index (χ4v) is 3.50. The number of halogens is 1. The molecule has 0 aliphatic rings. The highest BCUT2D eigenvalue weighted by Crippen LogP contribution is 2.28. The summed E-state index contributed by atoms with van der Waals surface area (Å²) < 4.78 is 20.4. The van der Waals surface area contributed by atoms with Crippen LogP contribution in [0.1, 0.15) is 78.1 Å². The smallest absolute Gasteiger partial charge is 0.254 e. The number of nitrogens with two attached hydrogens (primary N) is 1. The molecule has 224 valence electrons. The van der Waals surface area contributed by atoms with Gasteiger partial charge in [0.2, 0.25) is 0 Å². The Bertz CT molecular complexity index is 1090. The van der Waals surface area contributed by atoms with E-state index in [-0.39, 0.29) is 22.8 Å². The molecule has 0 aliphatic heterocycles. The second-order valence-corrected chi connectivity index (χ2v) is 9.30. The molecular formula is C31H50FN5O3. The van der Waals surface area contributed by atoms with Gasteiger partial charge in [-0.1, -0.05) is 45.1 Å². The van der Waals surface area contributed by atoms with Gasteiger partial charge in [0.25, 0.3) is 5.91 Å². The number of nitrogens with one attached hydrogen (secondary N) is 2. The average molecular weight is 560 g/mol. The minimum Gasteiger partial charge on any atom is -0.506 e. The number of allylic oxidation sites excluding steroid dienone is 5. The summed E-state index contributed by atoms with van der Waals surface area (Å²) in [5.74, 6) is -0.894. The number of hydrogen-bond acceptors (Lipinski definition) is 7. The predicted octanol–water partition coefficient (Wildman–Crippen LogP) is 6.48. The molecule has 1 atom stereocenters. The first-order chi connectivity index (χ1) is 18.9.